The number of hydrogen-bond donors (Lipinski definition) is 0. The van der Waals surface area contributed by atoms with Crippen LogP contribution in [0, 0.1) is 0 Å². The summed E-state index contributed by atoms with van der Waals surface area (Å²) in [6.07, 6.45) is 53.5. The van der Waals surface area contributed by atoms with E-state index in [4.69, 9.17) is 0 Å². The molecule has 0 saturated carbocycles. The molecule has 256 valence electrons. The molecule has 0 aromatic rings. The number of unbranched alkanes of at least 4 members (excludes halogenated alkanes) is 30. The summed E-state index contributed by atoms with van der Waals surface area (Å²) in [5.41, 5.74) is 0. The van der Waals surface area contributed by atoms with E-state index in [1.807, 2.05) is 0 Å². The van der Waals surface area contributed by atoms with Crippen molar-refractivity contribution in [2.24, 2.45) is 0 Å². The Hall–Kier alpha value is 1.16. The van der Waals surface area contributed by atoms with Crippen molar-refractivity contribution in [3.8, 4) is 0 Å². The Morgan fingerprint density at radius 2 is 0.429 bits per heavy atom. The molecule has 0 bridgehead atoms. The third-order valence-corrected chi connectivity index (χ3v) is 23.7. The zero-order valence-electron chi connectivity index (χ0n) is 30.3. The molecule has 0 saturated heterocycles. The summed E-state index contributed by atoms with van der Waals surface area (Å²) in [4.78, 5) is 0. The zero-order chi connectivity index (χ0) is 30.9. The van der Waals surface area contributed by atoms with Gasteiger partial charge in [-0.1, -0.05) is 78.1 Å². The van der Waals surface area contributed by atoms with Gasteiger partial charge in [-0.05, 0) is 0 Å². The third kappa shape index (κ3) is 27.5. The van der Waals surface area contributed by atoms with Crippen LogP contribution in [-0.2, 0) is 0 Å². The quantitative estimate of drug-likeness (QED) is 0.0343. The second kappa shape index (κ2) is 32.1. The summed E-state index contributed by atoms with van der Waals surface area (Å²) in [5.74, 6) is 0. The van der Waals surface area contributed by atoms with Gasteiger partial charge in [0, 0.05) is 0 Å². The Balaban J connectivity index is 3.64. The van der Waals surface area contributed by atoms with E-state index < -0.39 is 4.25 Å². The van der Waals surface area contributed by atoms with Gasteiger partial charge in [-0.3, -0.25) is 0 Å². The predicted molar refractivity (Wildman–Crippen MR) is 211 cm³/mol. The number of halogens is 1. The van der Waals surface area contributed by atoms with Gasteiger partial charge in [-0.15, -0.1) is 0 Å². The second-order valence-corrected chi connectivity index (χ2v) is 28.5. The summed E-state index contributed by atoms with van der Waals surface area (Å²) < 4.78 is -1.47. The Morgan fingerprint density at radius 1 is 0.262 bits per heavy atom. The fourth-order valence-corrected chi connectivity index (χ4v) is 13.1. The molecule has 0 radical (unpaired) electrons. The van der Waals surface area contributed by atoms with Gasteiger partial charge in [0.15, 0.2) is 0 Å². The van der Waals surface area contributed by atoms with Gasteiger partial charge in [0.1, 0.15) is 0 Å². The minimum absolute atomic E-state index is 1.37. The first-order chi connectivity index (χ1) is 20.5. The summed E-state index contributed by atoms with van der Waals surface area (Å²) in [6.45, 7) is 9.70. The van der Waals surface area contributed by atoms with Crippen LogP contribution < -0.4 is 0 Å². The molecule has 0 aliphatic heterocycles. The standard InChI is InChI=1S/C40H84IP/c1-5-9-11-13-15-17-19-21-23-25-27-29-31-33-35-37-39-42(41,7-3,8-4)40-38-36-34-32-30-28-26-24-22-20-18-16-14-12-10-6-2/h5-40H2,1-4H3. The maximum absolute atomic E-state index is 3.07. The summed E-state index contributed by atoms with van der Waals surface area (Å²) in [5, 5.41) is 0. The van der Waals surface area contributed by atoms with Crippen molar-refractivity contribution in [1.29, 1.82) is 0 Å². The van der Waals surface area contributed by atoms with Crippen molar-refractivity contribution in [2.75, 3.05) is 24.6 Å². The molecule has 0 N–H and O–H groups in total. The SMILES string of the molecule is CCCCCCCCCCCCCCCCCCP(I)(CC)(CC)CCCCCCCCCCCCCCCCCC. The van der Waals surface area contributed by atoms with Crippen LogP contribution in [0.1, 0.15) is 233 Å². The molecular formula is C40H84IP. The average molecular weight is 723 g/mol. The number of hydrogen-bond acceptors (Lipinski definition) is 0. The molecule has 0 atom stereocenters. The van der Waals surface area contributed by atoms with E-state index in [0.29, 0.717) is 0 Å². The van der Waals surface area contributed by atoms with Crippen molar-refractivity contribution in [3.63, 3.8) is 0 Å². The van der Waals surface area contributed by atoms with Crippen LogP contribution in [0.3, 0.4) is 0 Å². The van der Waals surface area contributed by atoms with E-state index in [-0.39, 0.29) is 0 Å². The maximum atomic E-state index is 3.07. The topological polar surface area (TPSA) is 0 Å². The molecule has 0 spiro atoms. The molecular weight excluding hydrogens is 638 g/mol. The molecule has 0 nitrogen and oxygen atoms in total. The average Bonchev–Trinajstić information content (AvgIpc) is 3.01. The zero-order valence-corrected chi connectivity index (χ0v) is 33.3. The molecule has 0 aromatic heterocycles. The molecule has 0 unspecified atom stereocenters. The van der Waals surface area contributed by atoms with Crippen LogP contribution in [0.25, 0.3) is 0 Å². The van der Waals surface area contributed by atoms with Crippen molar-refractivity contribution in [3.05, 3.63) is 0 Å². The smallest absolute Gasteiger partial charge is 0.0654 e. The Bertz CT molecular complexity index is 474. The first-order valence-electron chi connectivity index (χ1n) is 20.3. The third-order valence-electron chi connectivity index (χ3n) is 10.7. The van der Waals surface area contributed by atoms with Crippen molar-refractivity contribution < 1.29 is 0 Å². The summed E-state index contributed by atoms with van der Waals surface area (Å²) >= 11 is 3.07. The van der Waals surface area contributed by atoms with Crippen LogP contribution in [0.5, 0.6) is 0 Å². The molecule has 0 amide bonds. The minimum atomic E-state index is -1.47. The Morgan fingerprint density at radius 3 is 0.595 bits per heavy atom. The Labute approximate surface area is 282 Å². The van der Waals surface area contributed by atoms with E-state index in [1.165, 1.54) is 218 Å². The van der Waals surface area contributed by atoms with Crippen molar-refractivity contribution >= 4 is 26.3 Å². The predicted octanol–water partition coefficient (Wildman–Crippen LogP) is 16.5. The van der Waals surface area contributed by atoms with Crippen LogP contribution in [0.4, 0.5) is 0 Å². The van der Waals surface area contributed by atoms with Gasteiger partial charge < -0.3 is 0 Å². The first kappa shape index (κ1) is 43.2. The first-order valence-corrected chi connectivity index (χ1v) is 26.0. The Kier molecular flexibility index (Phi) is 33.0. The van der Waals surface area contributed by atoms with Crippen molar-refractivity contribution in [2.45, 2.75) is 233 Å². The minimum Gasteiger partial charge on any atom is -0.0654 e. The van der Waals surface area contributed by atoms with E-state index in [9.17, 15) is 0 Å². The molecule has 42 heavy (non-hydrogen) atoms. The normalized spacial score (nSPS) is 13.0. The fraction of sp³-hybridized carbons (Fsp3) is 1.00. The van der Waals surface area contributed by atoms with Crippen LogP contribution >= 0.6 is 26.3 Å². The van der Waals surface area contributed by atoms with Crippen LogP contribution in [0.15, 0.2) is 0 Å². The molecule has 0 aliphatic carbocycles. The van der Waals surface area contributed by atoms with Crippen molar-refractivity contribution in [1.82, 2.24) is 0 Å². The van der Waals surface area contributed by atoms with Gasteiger partial charge in [0.2, 0.25) is 0 Å². The van der Waals surface area contributed by atoms with E-state index in [1.54, 1.807) is 12.3 Å². The molecule has 0 heterocycles. The van der Waals surface area contributed by atoms with Crippen LogP contribution in [0.2, 0.25) is 0 Å². The number of rotatable bonds is 36. The molecule has 0 rings (SSSR count). The fourth-order valence-electron chi connectivity index (χ4n) is 7.08. The molecule has 0 aliphatic rings. The van der Waals surface area contributed by atoms with Crippen LogP contribution in [-0.4, -0.2) is 24.6 Å². The second-order valence-electron chi connectivity index (χ2n) is 14.5. The summed E-state index contributed by atoms with van der Waals surface area (Å²) in [6, 6.07) is 0. The molecule has 0 fully saturated rings. The monoisotopic (exact) mass is 723 g/mol. The van der Waals surface area contributed by atoms with Gasteiger partial charge in [0.05, 0.1) is 0 Å². The van der Waals surface area contributed by atoms with E-state index in [2.05, 4.69) is 49.7 Å². The van der Waals surface area contributed by atoms with E-state index in [0.717, 1.165) is 0 Å². The van der Waals surface area contributed by atoms with Gasteiger partial charge in [0.25, 0.3) is 0 Å². The van der Waals surface area contributed by atoms with Gasteiger partial charge in [-0.25, -0.2) is 0 Å². The van der Waals surface area contributed by atoms with E-state index >= 15 is 0 Å². The molecule has 2 heteroatoms. The van der Waals surface area contributed by atoms with Gasteiger partial charge >= 0.3 is 206 Å². The molecule has 0 aromatic carbocycles. The summed E-state index contributed by atoms with van der Waals surface area (Å²) in [7, 11) is 0. The van der Waals surface area contributed by atoms with Gasteiger partial charge in [-0.2, -0.15) is 0 Å².